The van der Waals surface area contributed by atoms with Crippen molar-refractivity contribution < 1.29 is 4.79 Å². The van der Waals surface area contributed by atoms with Crippen molar-refractivity contribution in [1.29, 1.82) is 0 Å². The van der Waals surface area contributed by atoms with Crippen LogP contribution in [-0.4, -0.2) is 18.8 Å². The molecule has 0 bridgehead atoms. The smallest absolute Gasteiger partial charge is 0.217 e. The van der Waals surface area contributed by atoms with E-state index in [1.165, 1.54) is 6.34 Å². The summed E-state index contributed by atoms with van der Waals surface area (Å²) in [7, 11) is 0. The normalized spacial score (nSPS) is 26.0. The zero-order valence-electron chi connectivity index (χ0n) is 3.48. The van der Waals surface area contributed by atoms with Gasteiger partial charge < -0.3 is 0 Å². The number of carbonyl (C=O) groups excluding carboxylic acids is 1. The third-order valence-corrected chi connectivity index (χ3v) is 0.578. The van der Waals surface area contributed by atoms with Gasteiger partial charge in [-0.1, -0.05) is 0 Å². The lowest BCUT2D eigenvalue weighted by atomic mass is 10.6. The van der Waals surface area contributed by atoms with Gasteiger partial charge in [-0.25, -0.2) is 4.99 Å². The Kier molecular flexibility index (Phi) is 0.934. The first-order valence-electron chi connectivity index (χ1n) is 1.80. The maximum atomic E-state index is 9.74. The fourth-order valence-electron chi connectivity index (χ4n) is 0.288. The van der Waals surface area contributed by atoms with Gasteiger partial charge >= 0.3 is 0 Å². The summed E-state index contributed by atoms with van der Waals surface area (Å²) in [5.41, 5.74) is 0. The largest absolute Gasteiger partial charge is 0.299 e. The zero-order chi connectivity index (χ0) is 5.11. The second kappa shape index (κ2) is 1.59. The molecule has 1 aliphatic heterocycles. The molecule has 0 fully saturated rings. The van der Waals surface area contributed by atoms with Crippen molar-refractivity contribution in [2.24, 2.45) is 15.2 Å². The van der Waals surface area contributed by atoms with Crippen LogP contribution in [0, 0.1) is 0 Å². The van der Waals surface area contributed by atoms with Crippen LogP contribution in [0.2, 0.25) is 0 Å². The molecule has 0 radical (unpaired) electrons. The van der Waals surface area contributed by atoms with E-state index in [0.29, 0.717) is 6.29 Å². The molecule has 1 aliphatic rings. The van der Waals surface area contributed by atoms with Crippen LogP contribution in [0.5, 0.6) is 0 Å². The molecular weight excluding hydrogens is 94.1 g/mol. The lowest BCUT2D eigenvalue weighted by Crippen LogP contribution is -1.95. The molecule has 0 saturated carbocycles. The van der Waals surface area contributed by atoms with Gasteiger partial charge in [0, 0.05) is 0 Å². The van der Waals surface area contributed by atoms with Crippen LogP contribution in [0.3, 0.4) is 0 Å². The molecule has 0 aromatic carbocycles. The van der Waals surface area contributed by atoms with Crippen LogP contribution in [0.1, 0.15) is 0 Å². The van der Waals surface area contributed by atoms with Crippen LogP contribution in [-0.2, 0) is 4.79 Å². The fourth-order valence-corrected chi connectivity index (χ4v) is 0.288. The van der Waals surface area contributed by atoms with E-state index in [4.69, 9.17) is 0 Å². The summed E-state index contributed by atoms with van der Waals surface area (Å²) in [6.07, 6.45) is 1.34. The lowest BCUT2D eigenvalue weighted by molar-refractivity contribution is -0.108. The van der Waals surface area contributed by atoms with Gasteiger partial charge in [0.15, 0.2) is 6.29 Å². The molecule has 1 heterocycles. The number of azo groups is 1. The average molecular weight is 97.1 g/mol. The predicted molar refractivity (Wildman–Crippen MR) is 23.2 cm³/mol. The Balaban J connectivity index is 2.59. The van der Waals surface area contributed by atoms with Gasteiger partial charge in [-0.15, -0.1) is 5.11 Å². The van der Waals surface area contributed by atoms with E-state index in [2.05, 4.69) is 15.2 Å². The maximum Gasteiger partial charge on any atom is 0.217 e. The van der Waals surface area contributed by atoms with Gasteiger partial charge in [-0.05, 0) is 0 Å². The molecule has 1 unspecified atom stereocenters. The SMILES string of the molecule is O=CC1N=CN=N1. The van der Waals surface area contributed by atoms with E-state index in [-0.39, 0.29) is 0 Å². The van der Waals surface area contributed by atoms with E-state index >= 15 is 0 Å². The third-order valence-electron chi connectivity index (χ3n) is 0.578. The minimum absolute atomic E-state index is 0.556. The molecule has 0 spiro atoms. The van der Waals surface area contributed by atoms with Crippen molar-refractivity contribution in [1.82, 2.24) is 0 Å². The van der Waals surface area contributed by atoms with E-state index < -0.39 is 6.17 Å². The summed E-state index contributed by atoms with van der Waals surface area (Å²) in [4.78, 5) is 13.3. The minimum atomic E-state index is -0.556. The van der Waals surface area contributed by atoms with Crippen molar-refractivity contribution in [2.45, 2.75) is 6.17 Å². The Morgan fingerprint density at radius 3 is 2.86 bits per heavy atom. The number of nitrogens with zero attached hydrogens (tertiary/aromatic N) is 3. The molecule has 36 valence electrons. The Morgan fingerprint density at radius 2 is 2.57 bits per heavy atom. The molecule has 0 aromatic rings. The number of hydrogen-bond donors (Lipinski definition) is 0. The van der Waals surface area contributed by atoms with Crippen molar-refractivity contribution in [2.75, 3.05) is 0 Å². The van der Waals surface area contributed by atoms with Crippen molar-refractivity contribution in [3.05, 3.63) is 0 Å². The molecule has 0 aromatic heterocycles. The number of aldehydes is 1. The van der Waals surface area contributed by atoms with Crippen molar-refractivity contribution in [3.8, 4) is 0 Å². The molecule has 0 N–H and O–H groups in total. The topological polar surface area (TPSA) is 54.1 Å². The zero-order valence-corrected chi connectivity index (χ0v) is 3.48. The molecule has 0 saturated heterocycles. The van der Waals surface area contributed by atoms with E-state index in [9.17, 15) is 4.79 Å². The number of aliphatic imine (C=N–C) groups is 1. The minimum Gasteiger partial charge on any atom is -0.299 e. The predicted octanol–water partition coefficient (Wildman–Crippen LogP) is 0.00550. The summed E-state index contributed by atoms with van der Waals surface area (Å²) in [5.74, 6) is 0. The third kappa shape index (κ3) is 0.677. The number of rotatable bonds is 1. The summed E-state index contributed by atoms with van der Waals surface area (Å²) < 4.78 is 0. The summed E-state index contributed by atoms with van der Waals surface area (Å²) in [5, 5.41) is 6.73. The van der Waals surface area contributed by atoms with E-state index in [0.717, 1.165) is 0 Å². The second-order valence-corrected chi connectivity index (χ2v) is 1.05. The van der Waals surface area contributed by atoms with Gasteiger partial charge in [-0.2, -0.15) is 5.11 Å². The second-order valence-electron chi connectivity index (χ2n) is 1.05. The summed E-state index contributed by atoms with van der Waals surface area (Å²) >= 11 is 0. The van der Waals surface area contributed by atoms with E-state index in [1.54, 1.807) is 0 Å². The Hall–Kier alpha value is -1.06. The highest BCUT2D eigenvalue weighted by atomic mass is 16.1. The monoisotopic (exact) mass is 97.0 g/mol. The molecule has 1 rings (SSSR count). The van der Waals surface area contributed by atoms with Gasteiger partial charge in [-0.3, -0.25) is 4.79 Å². The van der Waals surface area contributed by atoms with Crippen LogP contribution >= 0.6 is 0 Å². The highest BCUT2D eigenvalue weighted by Crippen LogP contribution is 1.93. The first kappa shape index (κ1) is 4.11. The van der Waals surface area contributed by atoms with E-state index in [1.807, 2.05) is 0 Å². The fraction of sp³-hybridized carbons (Fsp3) is 0.333. The Morgan fingerprint density at radius 1 is 1.71 bits per heavy atom. The van der Waals surface area contributed by atoms with Crippen LogP contribution in [0.4, 0.5) is 0 Å². The molecule has 4 heteroatoms. The number of carbonyl (C=O) groups is 1. The summed E-state index contributed by atoms with van der Waals surface area (Å²) in [6.45, 7) is 0. The van der Waals surface area contributed by atoms with Crippen LogP contribution < -0.4 is 0 Å². The van der Waals surface area contributed by atoms with Gasteiger partial charge in [0.05, 0.1) is 0 Å². The average Bonchev–Trinajstić information content (AvgIpc) is 2.14. The standard InChI is InChI=1S/C3H3N3O/c7-1-3-4-2-5-6-3/h1-3H. The van der Waals surface area contributed by atoms with Crippen LogP contribution in [0.25, 0.3) is 0 Å². The van der Waals surface area contributed by atoms with Gasteiger partial charge in [0.1, 0.15) is 6.34 Å². The molecule has 7 heavy (non-hydrogen) atoms. The molecule has 0 aliphatic carbocycles. The van der Waals surface area contributed by atoms with Crippen molar-refractivity contribution >= 4 is 12.6 Å². The Labute approximate surface area is 40.0 Å². The lowest BCUT2D eigenvalue weighted by Gasteiger charge is -1.80. The molecule has 0 amide bonds. The first-order chi connectivity index (χ1) is 3.43. The summed E-state index contributed by atoms with van der Waals surface area (Å²) in [6, 6.07) is 0. The van der Waals surface area contributed by atoms with Gasteiger partial charge in [0.2, 0.25) is 6.17 Å². The van der Waals surface area contributed by atoms with Gasteiger partial charge in [0.25, 0.3) is 0 Å². The molecule has 1 atom stereocenters. The highest BCUT2D eigenvalue weighted by Gasteiger charge is 2.01. The number of hydrogen-bond acceptors (Lipinski definition) is 4. The quantitative estimate of drug-likeness (QED) is 0.425. The Bertz CT molecular complexity index is 116. The van der Waals surface area contributed by atoms with Crippen molar-refractivity contribution in [3.63, 3.8) is 0 Å². The highest BCUT2D eigenvalue weighted by molar-refractivity contribution is 5.66. The molecule has 4 nitrogen and oxygen atoms in total. The molecular formula is C3H3N3O. The first-order valence-corrected chi connectivity index (χ1v) is 1.80. The van der Waals surface area contributed by atoms with Crippen LogP contribution in [0.15, 0.2) is 15.2 Å². The maximum absolute atomic E-state index is 9.74.